The number of rotatable bonds is 6. The zero-order valence-electron chi connectivity index (χ0n) is 12.0. The van der Waals surface area contributed by atoms with Crippen molar-refractivity contribution < 1.29 is 9.21 Å². The van der Waals surface area contributed by atoms with Gasteiger partial charge in [0, 0.05) is 13.3 Å². The summed E-state index contributed by atoms with van der Waals surface area (Å²) in [5.41, 5.74) is 3.26. The highest BCUT2D eigenvalue weighted by molar-refractivity contribution is 5.76. The maximum absolute atomic E-state index is 11.8. The molecule has 0 atom stereocenters. The summed E-state index contributed by atoms with van der Waals surface area (Å²) in [4.78, 5) is 15.9. The van der Waals surface area contributed by atoms with Crippen LogP contribution in [0.4, 0.5) is 0 Å². The summed E-state index contributed by atoms with van der Waals surface area (Å²) in [6.45, 7) is 4.34. The number of carbonyl (C=O) groups is 1. The molecule has 4 heteroatoms. The fourth-order valence-corrected chi connectivity index (χ4v) is 1.97. The molecule has 0 aliphatic heterocycles. The van der Waals surface area contributed by atoms with E-state index < -0.39 is 0 Å². The second-order valence-corrected chi connectivity index (χ2v) is 4.80. The summed E-state index contributed by atoms with van der Waals surface area (Å²) in [7, 11) is 0. The largest absolute Gasteiger partial charge is 0.449 e. The Hall–Kier alpha value is -2.10. The molecule has 1 aromatic heterocycles. The number of nitrogens with one attached hydrogen (secondary N) is 1. The van der Waals surface area contributed by atoms with E-state index in [1.165, 1.54) is 11.1 Å². The van der Waals surface area contributed by atoms with E-state index in [0.29, 0.717) is 18.9 Å². The summed E-state index contributed by atoms with van der Waals surface area (Å²) in [6, 6.07) is 8.41. The second-order valence-electron chi connectivity index (χ2n) is 4.80. The minimum atomic E-state index is 0.0326. The Labute approximate surface area is 119 Å². The van der Waals surface area contributed by atoms with Crippen molar-refractivity contribution in [1.29, 1.82) is 0 Å². The highest BCUT2D eigenvalue weighted by atomic mass is 16.3. The summed E-state index contributed by atoms with van der Waals surface area (Å²) < 4.78 is 5.09. The van der Waals surface area contributed by atoms with Crippen LogP contribution in [0, 0.1) is 6.92 Å². The maximum Gasteiger partial charge on any atom is 0.220 e. The highest BCUT2D eigenvalue weighted by Crippen LogP contribution is 2.07. The van der Waals surface area contributed by atoms with Gasteiger partial charge in [0.25, 0.3) is 0 Å². The van der Waals surface area contributed by atoms with Crippen LogP contribution in [-0.2, 0) is 24.2 Å². The van der Waals surface area contributed by atoms with Crippen LogP contribution in [0.1, 0.15) is 36.1 Å². The highest BCUT2D eigenvalue weighted by Gasteiger charge is 2.04. The van der Waals surface area contributed by atoms with Gasteiger partial charge < -0.3 is 9.73 Å². The van der Waals surface area contributed by atoms with E-state index in [1.54, 1.807) is 13.2 Å². The number of hydrogen-bond acceptors (Lipinski definition) is 3. The van der Waals surface area contributed by atoms with Gasteiger partial charge >= 0.3 is 0 Å². The Bertz CT molecular complexity index is 558. The monoisotopic (exact) mass is 272 g/mol. The first kappa shape index (κ1) is 14.3. The third-order valence-electron chi connectivity index (χ3n) is 3.21. The number of benzene rings is 1. The lowest BCUT2D eigenvalue weighted by molar-refractivity contribution is -0.121. The summed E-state index contributed by atoms with van der Waals surface area (Å²) in [5, 5.41) is 2.84. The lowest BCUT2D eigenvalue weighted by Crippen LogP contribution is -2.23. The van der Waals surface area contributed by atoms with Gasteiger partial charge in [0.2, 0.25) is 5.91 Å². The van der Waals surface area contributed by atoms with Gasteiger partial charge in [-0.2, -0.15) is 0 Å². The normalized spacial score (nSPS) is 10.5. The Morgan fingerprint density at radius 1 is 1.25 bits per heavy atom. The molecule has 0 fully saturated rings. The zero-order valence-corrected chi connectivity index (χ0v) is 12.0. The van der Waals surface area contributed by atoms with Crippen molar-refractivity contribution in [2.24, 2.45) is 0 Å². The SMILES string of the molecule is CCc1ccc(CCC(=O)NCc2coc(C)n2)cc1. The number of aromatic nitrogens is 1. The lowest BCUT2D eigenvalue weighted by Gasteiger charge is -2.04. The van der Waals surface area contributed by atoms with E-state index in [2.05, 4.69) is 41.5 Å². The number of amides is 1. The minimum absolute atomic E-state index is 0.0326. The van der Waals surface area contributed by atoms with Gasteiger partial charge in [-0.05, 0) is 24.0 Å². The molecule has 0 aliphatic carbocycles. The Morgan fingerprint density at radius 2 is 1.95 bits per heavy atom. The van der Waals surface area contributed by atoms with Gasteiger partial charge in [-0.15, -0.1) is 0 Å². The molecular weight excluding hydrogens is 252 g/mol. The predicted molar refractivity (Wildman–Crippen MR) is 77.2 cm³/mol. The van der Waals surface area contributed by atoms with Gasteiger partial charge in [0.05, 0.1) is 12.2 Å². The molecule has 1 heterocycles. The molecule has 0 spiro atoms. The van der Waals surface area contributed by atoms with E-state index in [1.807, 2.05) is 0 Å². The molecule has 4 nitrogen and oxygen atoms in total. The van der Waals surface area contributed by atoms with Crippen LogP contribution in [0.5, 0.6) is 0 Å². The smallest absolute Gasteiger partial charge is 0.220 e. The predicted octanol–water partition coefficient (Wildman–Crippen LogP) is 2.79. The fourth-order valence-electron chi connectivity index (χ4n) is 1.97. The molecule has 0 radical (unpaired) electrons. The van der Waals surface area contributed by atoms with Crippen LogP contribution < -0.4 is 5.32 Å². The van der Waals surface area contributed by atoms with E-state index in [4.69, 9.17) is 4.42 Å². The van der Waals surface area contributed by atoms with Crippen molar-refractivity contribution >= 4 is 5.91 Å². The Balaban J connectivity index is 1.74. The van der Waals surface area contributed by atoms with Gasteiger partial charge in [0.1, 0.15) is 6.26 Å². The Kier molecular flexibility index (Phi) is 4.93. The molecular formula is C16H20N2O2. The van der Waals surface area contributed by atoms with Crippen LogP contribution >= 0.6 is 0 Å². The van der Waals surface area contributed by atoms with Crippen LogP contribution in [0.2, 0.25) is 0 Å². The van der Waals surface area contributed by atoms with Crippen LogP contribution in [0.25, 0.3) is 0 Å². The molecule has 1 aromatic carbocycles. The molecule has 0 bridgehead atoms. The van der Waals surface area contributed by atoms with Crippen LogP contribution in [0.15, 0.2) is 34.9 Å². The van der Waals surface area contributed by atoms with Gasteiger partial charge in [-0.1, -0.05) is 31.2 Å². The number of oxazole rings is 1. The molecule has 20 heavy (non-hydrogen) atoms. The molecule has 1 amide bonds. The lowest BCUT2D eigenvalue weighted by atomic mass is 10.1. The topological polar surface area (TPSA) is 55.1 Å². The van der Waals surface area contributed by atoms with Gasteiger partial charge in [-0.3, -0.25) is 4.79 Å². The first-order chi connectivity index (χ1) is 9.67. The van der Waals surface area contributed by atoms with Crippen molar-refractivity contribution in [3.63, 3.8) is 0 Å². The van der Waals surface area contributed by atoms with Crippen LogP contribution in [0.3, 0.4) is 0 Å². The average molecular weight is 272 g/mol. The summed E-state index contributed by atoms with van der Waals surface area (Å²) >= 11 is 0. The van der Waals surface area contributed by atoms with Crippen molar-refractivity contribution in [2.75, 3.05) is 0 Å². The van der Waals surface area contributed by atoms with E-state index in [0.717, 1.165) is 18.5 Å². The number of nitrogens with zero attached hydrogens (tertiary/aromatic N) is 1. The molecule has 1 N–H and O–H groups in total. The zero-order chi connectivity index (χ0) is 14.4. The van der Waals surface area contributed by atoms with Crippen LogP contribution in [-0.4, -0.2) is 10.9 Å². The van der Waals surface area contributed by atoms with E-state index in [9.17, 15) is 4.79 Å². The molecule has 0 saturated heterocycles. The average Bonchev–Trinajstić information content (AvgIpc) is 2.89. The second kappa shape index (κ2) is 6.89. The Morgan fingerprint density at radius 3 is 2.55 bits per heavy atom. The van der Waals surface area contributed by atoms with Crippen molar-refractivity contribution in [3.8, 4) is 0 Å². The molecule has 0 saturated carbocycles. The van der Waals surface area contributed by atoms with Gasteiger partial charge in [-0.25, -0.2) is 4.98 Å². The quantitative estimate of drug-likeness (QED) is 0.879. The third kappa shape index (κ3) is 4.23. The molecule has 106 valence electrons. The minimum Gasteiger partial charge on any atom is -0.449 e. The van der Waals surface area contributed by atoms with E-state index >= 15 is 0 Å². The van der Waals surface area contributed by atoms with E-state index in [-0.39, 0.29) is 5.91 Å². The van der Waals surface area contributed by atoms with Gasteiger partial charge in [0.15, 0.2) is 5.89 Å². The fraction of sp³-hybridized carbons (Fsp3) is 0.375. The maximum atomic E-state index is 11.8. The molecule has 0 aliphatic rings. The first-order valence-corrected chi connectivity index (χ1v) is 6.93. The standard InChI is InChI=1S/C16H20N2O2/c1-3-13-4-6-14(7-5-13)8-9-16(19)17-10-15-11-20-12(2)18-15/h4-7,11H,3,8-10H2,1-2H3,(H,17,19). The van der Waals surface area contributed by atoms with Crippen molar-refractivity contribution in [2.45, 2.75) is 39.7 Å². The number of aryl methyl sites for hydroxylation is 3. The van der Waals surface area contributed by atoms with Crippen molar-refractivity contribution in [1.82, 2.24) is 10.3 Å². The summed E-state index contributed by atoms with van der Waals surface area (Å²) in [6.07, 6.45) is 3.85. The number of carbonyl (C=O) groups excluding carboxylic acids is 1. The summed E-state index contributed by atoms with van der Waals surface area (Å²) in [5.74, 6) is 0.649. The molecule has 2 rings (SSSR count). The number of hydrogen-bond donors (Lipinski definition) is 1. The third-order valence-corrected chi connectivity index (χ3v) is 3.21. The first-order valence-electron chi connectivity index (χ1n) is 6.93. The van der Waals surface area contributed by atoms with Crippen molar-refractivity contribution in [3.05, 3.63) is 53.2 Å². The molecule has 0 unspecified atom stereocenters. The molecule has 2 aromatic rings.